The molecule has 5 heteroatoms. The molecule has 4 N–H and O–H groups in total. The molecule has 0 amide bonds. The van der Waals surface area contributed by atoms with E-state index >= 15 is 0 Å². The maximum atomic E-state index is 6.15. The molecule has 0 bridgehead atoms. The van der Waals surface area contributed by atoms with Gasteiger partial charge < -0.3 is 40.4 Å². The smallest absolute Gasteiger partial charge is 0.221 e. The van der Waals surface area contributed by atoms with Gasteiger partial charge in [0.25, 0.3) is 0 Å². The molecule has 0 saturated heterocycles. The third-order valence-corrected chi connectivity index (χ3v) is 5.37. The molecule has 0 aliphatic heterocycles. The first-order valence-corrected chi connectivity index (χ1v) is 10.7. The largest absolute Gasteiger partial charge is 0.399 e. The predicted octanol–water partition coefficient (Wildman–Crippen LogP) is 6.32. The van der Waals surface area contributed by atoms with E-state index < -0.39 is 0 Å². The van der Waals surface area contributed by atoms with Crippen LogP contribution in [0.15, 0.2) is 66.7 Å². The van der Waals surface area contributed by atoms with E-state index in [9.17, 15) is 0 Å². The van der Waals surface area contributed by atoms with E-state index in [1.807, 2.05) is 18.2 Å². The van der Waals surface area contributed by atoms with Gasteiger partial charge in [0.1, 0.15) is 6.29 Å². The standard InChI is InChI=1S/C22H21N3P.3CH3.Au/c1-26(2)14-25-21-13-17(24)9-11-19(21)18-10-8-16(23)12-20(18)22(25)15-6-4-3-5-7-15;;;;/h3-13,24H,1,14,23H2,2H3;3*1H3;/q4*-1;/p+1. The zero-order chi connectivity index (χ0) is 18.3. The fourth-order valence-corrected chi connectivity index (χ4v) is 4.33. The number of benzene rings is 3. The molecule has 3 aromatic carbocycles. The molecule has 0 aliphatic carbocycles. The van der Waals surface area contributed by atoms with E-state index in [4.69, 9.17) is 11.5 Å². The Morgan fingerprint density at radius 2 is 1.37 bits per heavy atom. The van der Waals surface area contributed by atoms with Gasteiger partial charge in [-0.3, -0.25) is 0 Å². The summed E-state index contributed by atoms with van der Waals surface area (Å²) in [5, 5.41) is 3.53. The number of nitrogen functional groups attached to an aromatic ring is 2. The van der Waals surface area contributed by atoms with E-state index in [1.54, 1.807) is 0 Å². The second-order valence-corrected chi connectivity index (χ2v) is 8.72. The average molecular weight is 601 g/mol. The molecular weight excluding hydrogens is 570 g/mol. The predicted molar refractivity (Wildman–Crippen MR) is 133 cm³/mol. The van der Waals surface area contributed by atoms with Crippen molar-refractivity contribution in [2.45, 2.75) is 6.29 Å². The normalized spacial score (nSPS) is 10.9. The van der Waals surface area contributed by atoms with Crippen molar-refractivity contribution in [1.82, 2.24) is 0 Å². The van der Waals surface area contributed by atoms with Crippen LogP contribution in [0.4, 0.5) is 11.4 Å². The molecule has 0 saturated carbocycles. The number of fused-ring (bicyclic) bond motifs is 3. The van der Waals surface area contributed by atoms with Gasteiger partial charge in [0, 0.05) is 50.8 Å². The summed E-state index contributed by atoms with van der Waals surface area (Å²) >= 11 is 0. The zero-order valence-corrected chi connectivity index (χ0v) is 21.2. The van der Waals surface area contributed by atoms with Crippen molar-refractivity contribution in [3.05, 3.63) is 95.7 Å². The Morgan fingerprint density at radius 1 is 0.800 bits per heavy atom. The maximum absolute atomic E-state index is 6.15. The molecule has 0 spiro atoms. The first kappa shape index (κ1) is 28.1. The van der Waals surface area contributed by atoms with E-state index in [0.29, 0.717) is 0 Å². The third-order valence-electron chi connectivity index (χ3n) is 4.60. The molecule has 1 atom stereocenters. The molecule has 4 rings (SSSR count). The Kier molecular flexibility index (Phi) is 10.8. The average Bonchev–Trinajstić information content (AvgIpc) is 2.62. The van der Waals surface area contributed by atoms with E-state index in [2.05, 4.69) is 66.4 Å². The number of hydrogen-bond acceptors (Lipinski definition) is 2. The summed E-state index contributed by atoms with van der Waals surface area (Å²) in [4.78, 5) is 0. The summed E-state index contributed by atoms with van der Waals surface area (Å²) < 4.78 is 2.36. The van der Waals surface area contributed by atoms with E-state index in [-0.39, 0.29) is 52.6 Å². The van der Waals surface area contributed by atoms with Gasteiger partial charge in [0.15, 0.2) is 0 Å². The van der Waals surface area contributed by atoms with Crippen molar-refractivity contribution < 1.29 is 26.9 Å². The summed E-state index contributed by atoms with van der Waals surface area (Å²) in [7, 11) is -0.388. The minimum Gasteiger partial charge on any atom is -0.399 e. The molecule has 1 radical (unpaired) electrons. The van der Waals surface area contributed by atoms with Crippen LogP contribution in [0.3, 0.4) is 0 Å². The van der Waals surface area contributed by atoms with Crippen LogP contribution in [-0.2, 0) is 28.7 Å². The van der Waals surface area contributed by atoms with Gasteiger partial charge in [-0.15, -0.1) is 0 Å². The summed E-state index contributed by atoms with van der Waals surface area (Å²) in [6, 6.07) is 22.8. The van der Waals surface area contributed by atoms with Crippen molar-refractivity contribution >= 4 is 41.0 Å². The van der Waals surface area contributed by atoms with Crippen LogP contribution in [0.1, 0.15) is 0 Å². The minimum absolute atomic E-state index is 0. The van der Waals surface area contributed by atoms with Gasteiger partial charge in [0.05, 0.1) is 10.8 Å². The van der Waals surface area contributed by atoms with Crippen LogP contribution < -0.4 is 16.0 Å². The molecule has 0 aliphatic rings. The summed E-state index contributed by atoms with van der Waals surface area (Å²) in [6.45, 7) is 6.48. The van der Waals surface area contributed by atoms with E-state index in [0.717, 1.165) is 28.6 Å². The van der Waals surface area contributed by atoms with Gasteiger partial charge in [0.2, 0.25) is 11.2 Å². The fourth-order valence-electron chi connectivity index (χ4n) is 3.55. The Bertz CT molecular complexity index is 1110. The van der Waals surface area contributed by atoms with Gasteiger partial charge in [-0.1, -0.05) is 30.9 Å². The number of rotatable bonds is 3. The number of anilines is 2. The van der Waals surface area contributed by atoms with Crippen molar-refractivity contribution in [1.29, 1.82) is 0 Å². The molecule has 3 nitrogen and oxygen atoms in total. The molecule has 1 heterocycles. The van der Waals surface area contributed by atoms with Crippen LogP contribution in [0.25, 0.3) is 32.9 Å². The monoisotopic (exact) mass is 601 g/mol. The van der Waals surface area contributed by atoms with Crippen molar-refractivity contribution in [3.63, 3.8) is 0 Å². The second-order valence-electron chi connectivity index (χ2n) is 6.72. The van der Waals surface area contributed by atoms with Gasteiger partial charge in [-0.05, 0) is 36.4 Å². The van der Waals surface area contributed by atoms with E-state index in [1.165, 1.54) is 22.0 Å². The Balaban J connectivity index is 0.00000210. The molecule has 1 aromatic heterocycles. The Hall–Kier alpha value is -1.90. The number of pyridine rings is 1. The first-order chi connectivity index (χ1) is 12.5. The summed E-state index contributed by atoms with van der Waals surface area (Å²) in [6.07, 6.45) is 0.865. The molecule has 4 aromatic rings. The number of nitrogens with two attached hydrogens (primary N) is 2. The van der Waals surface area contributed by atoms with Crippen molar-refractivity contribution in [2.24, 2.45) is 0 Å². The quantitative estimate of drug-likeness (QED) is 0.0722. The maximum Gasteiger partial charge on any atom is 0.221 e. The molecule has 0 fully saturated rings. The third kappa shape index (κ3) is 5.22. The fraction of sp³-hybridized carbons (Fsp3) is 0.0800. The number of hydrogen-bond donors (Lipinski definition) is 2. The molecule has 1 unspecified atom stereocenters. The van der Waals surface area contributed by atoms with Crippen LogP contribution in [0.2, 0.25) is 0 Å². The van der Waals surface area contributed by atoms with Crippen LogP contribution in [0, 0.1) is 28.9 Å². The molecular formula is C25H31AuN3P-3. The Labute approximate surface area is 198 Å². The second kappa shape index (κ2) is 11.5. The number of nitrogens with zero attached hydrogens (tertiary/aromatic N) is 1. The summed E-state index contributed by atoms with van der Waals surface area (Å²) in [5.74, 6) is 0. The van der Waals surface area contributed by atoms with Crippen molar-refractivity contribution in [2.75, 3.05) is 18.1 Å². The zero-order valence-electron chi connectivity index (χ0n) is 18.1. The number of aromatic nitrogens is 1. The van der Waals surface area contributed by atoms with Gasteiger partial charge in [-0.2, -0.15) is 4.57 Å². The van der Waals surface area contributed by atoms with Crippen LogP contribution in [-0.4, -0.2) is 6.66 Å². The van der Waals surface area contributed by atoms with Gasteiger partial charge >= 0.3 is 0 Å². The molecule has 30 heavy (non-hydrogen) atoms. The van der Waals surface area contributed by atoms with Crippen molar-refractivity contribution in [3.8, 4) is 11.3 Å². The minimum atomic E-state index is -0.388. The van der Waals surface area contributed by atoms with Gasteiger partial charge in [-0.25, -0.2) is 7.92 Å². The molecule has 165 valence electrons. The first-order valence-electron chi connectivity index (χ1n) is 8.56. The van der Waals surface area contributed by atoms with Crippen LogP contribution in [0.5, 0.6) is 0 Å². The topological polar surface area (TPSA) is 55.9 Å². The Morgan fingerprint density at radius 3 is 1.97 bits per heavy atom. The SMILES string of the molecule is [Au].[CH2-]P(C)C[n+]1c(-c2ccccc2)c2cc(N)ccc2c2ccc(N)cc21.[CH3-].[CH3-].[CH3-]. The van der Waals surface area contributed by atoms with Crippen LogP contribution >= 0.6 is 7.92 Å². The summed E-state index contributed by atoms with van der Waals surface area (Å²) in [5.41, 5.74) is 17.3.